The molecular weight excluding hydrogens is 336 g/mol. The SMILES string of the molecule is Cc1ccc(-c2nc(CNc3ccnc(Cc4ccccc4)n3)co2)cc1. The zero-order valence-electron chi connectivity index (χ0n) is 15.1. The predicted molar refractivity (Wildman–Crippen MR) is 105 cm³/mol. The summed E-state index contributed by atoms with van der Waals surface area (Å²) in [6, 6.07) is 20.2. The van der Waals surface area contributed by atoms with Gasteiger partial charge >= 0.3 is 0 Å². The Bertz CT molecular complexity index is 1010. The van der Waals surface area contributed by atoms with Crippen LogP contribution in [0.25, 0.3) is 11.5 Å². The Morgan fingerprint density at radius 3 is 2.56 bits per heavy atom. The summed E-state index contributed by atoms with van der Waals surface area (Å²) in [4.78, 5) is 13.5. The van der Waals surface area contributed by atoms with E-state index in [-0.39, 0.29) is 0 Å². The Morgan fingerprint density at radius 2 is 1.74 bits per heavy atom. The van der Waals surface area contributed by atoms with E-state index in [4.69, 9.17) is 4.42 Å². The Hall–Kier alpha value is -3.47. The van der Waals surface area contributed by atoms with Crippen LogP contribution in [0.5, 0.6) is 0 Å². The maximum Gasteiger partial charge on any atom is 0.226 e. The Balaban J connectivity index is 1.40. The summed E-state index contributed by atoms with van der Waals surface area (Å²) in [5, 5.41) is 3.29. The van der Waals surface area contributed by atoms with E-state index in [1.165, 1.54) is 11.1 Å². The monoisotopic (exact) mass is 356 g/mol. The predicted octanol–water partition coefficient (Wildman–Crippen LogP) is 4.64. The van der Waals surface area contributed by atoms with Crippen molar-refractivity contribution < 1.29 is 4.42 Å². The molecule has 0 fully saturated rings. The quantitative estimate of drug-likeness (QED) is 0.545. The molecule has 0 aliphatic carbocycles. The molecule has 2 heterocycles. The Morgan fingerprint density at radius 1 is 0.926 bits per heavy atom. The van der Waals surface area contributed by atoms with Gasteiger partial charge in [-0.3, -0.25) is 0 Å². The molecule has 5 nitrogen and oxygen atoms in total. The molecule has 0 aliphatic rings. The third-order valence-corrected chi connectivity index (χ3v) is 4.21. The summed E-state index contributed by atoms with van der Waals surface area (Å²) in [7, 11) is 0. The fourth-order valence-corrected chi connectivity index (χ4v) is 2.76. The number of hydrogen-bond acceptors (Lipinski definition) is 5. The normalized spacial score (nSPS) is 10.7. The molecule has 0 spiro atoms. The fraction of sp³-hybridized carbons (Fsp3) is 0.136. The molecule has 4 rings (SSSR count). The molecule has 0 atom stereocenters. The Kier molecular flexibility index (Phi) is 4.92. The van der Waals surface area contributed by atoms with Gasteiger partial charge < -0.3 is 9.73 Å². The smallest absolute Gasteiger partial charge is 0.226 e. The number of hydrogen-bond donors (Lipinski definition) is 1. The van der Waals surface area contributed by atoms with E-state index in [0.717, 1.165) is 22.9 Å². The van der Waals surface area contributed by atoms with Gasteiger partial charge in [0.1, 0.15) is 17.9 Å². The Labute approximate surface area is 158 Å². The van der Waals surface area contributed by atoms with Gasteiger partial charge in [0.05, 0.1) is 12.2 Å². The van der Waals surface area contributed by atoms with Crippen LogP contribution in [-0.4, -0.2) is 15.0 Å². The lowest BCUT2D eigenvalue weighted by molar-refractivity contribution is 0.573. The number of oxazole rings is 1. The van der Waals surface area contributed by atoms with Crippen molar-refractivity contribution >= 4 is 5.82 Å². The number of nitrogens with zero attached hydrogens (tertiary/aromatic N) is 3. The highest BCUT2D eigenvalue weighted by molar-refractivity contribution is 5.53. The number of nitrogens with one attached hydrogen (secondary N) is 1. The molecule has 0 saturated carbocycles. The van der Waals surface area contributed by atoms with E-state index in [1.807, 2.05) is 48.5 Å². The summed E-state index contributed by atoms with van der Waals surface area (Å²) < 4.78 is 5.60. The van der Waals surface area contributed by atoms with Crippen molar-refractivity contribution in [3.05, 3.63) is 95.8 Å². The van der Waals surface area contributed by atoms with E-state index < -0.39 is 0 Å². The molecular formula is C22H20N4O. The van der Waals surface area contributed by atoms with Crippen molar-refractivity contribution in [1.29, 1.82) is 0 Å². The highest BCUT2D eigenvalue weighted by Gasteiger charge is 2.07. The minimum Gasteiger partial charge on any atom is -0.444 e. The van der Waals surface area contributed by atoms with Gasteiger partial charge in [-0.05, 0) is 30.7 Å². The first-order valence-corrected chi connectivity index (χ1v) is 8.87. The van der Waals surface area contributed by atoms with Crippen LogP contribution in [0, 0.1) is 6.92 Å². The van der Waals surface area contributed by atoms with E-state index in [9.17, 15) is 0 Å². The standard InChI is InChI=1S/C22H20N4O/c1-16-7-9-18(10-8-16)22-25-19(15-27-22)14-24-20-11-12-23-21(26-20)13-17-5-3-2-4-6-17/h2-12,15H,13-14H2,1H3,(H,23,24,26). The second-order valence-electron chi connectivity index (χ2n) is 6.38. The molecule has 4 aromatic rings. The molecule has 2 aromatic heterocycles. The molecule has 134 valence electrons. The lowest BCUT2D eigenvalue weighted by Gasteiger charge is -2.05. The highest BCUT2D eigenvalue weighted by atomic mass is 16.3. The van der Waals surface area contributed by atoms with Gasteiger partial charge in [0.25, 0.3) is 0 Å². The molecule has 0 saturated heterocycles. The molecule has 1 N–H and O–H groups in total. The number of aryl methyl sites for hydroxylation is 1. The summed E-state index contributed by atoms with van der Waals surface area (Å²) in [6.07, 6.45) is 4.15. The van der Waals surface area contributed by atoms with Crippen LogP contribution >= 0.6 is 0 Å². The van der Waals surface area contributed by atoms with E-state index in [2.05, 4.69) is 39.3 Å². The van der Waals surface area contributed by atoms with Gasteiger partial charge in [-0.25, -0.2) is 15.0 Å². The molecule has 0 bridgehead atoms. The first-order valence-electron chi connectivity index (χ1n) is 8.87. The lowest BCUT2D eigenvalue weighted by atomic mass is 10.1. The van der Waals surface area contributed by atoms with E-state index in [0.29, 0.717) is 18.9 Å². The van der Waals surface area contributed by atoms with Gasteiger partial charge in [-0.15, -0.1) is 0 Å². The van der Waals surface area contributed by atoms with Crippen LogP contribution in [0.2, 0.25) is 0 Å². The minimum absolute atomic E-state index is 0.539. The van der Waals surface area contributed by atoms with Gasteiger partial charge in [0.15, 0.2) is 0 Å². The number of aromatic nitrogens is 3. The van der Waals surface area contributed by atoms with Gasteiger partial charge in [0.2, 0.25) is 5.89 Å². The summed E-state index contributed by atoms with van der Waals surface area (Å²) in [5.74, 6) is 2.18. The number of rotatable bonds is 6. The van der Waals surface area contributed by atoms with Crippen molar-refractivity contribution in [2.24, 2.45) is 0 Å². The summed E-state index contributed by atoms with van der Waals surface area (Å²) in [5.41, 5.74) is 4.20. The molecule has 5 heteroatoms. The largest absolute Gasteiger partial charge is 0.444 e. The molecule has 0 amide bonds. The van der Waals surface area contributed by atoms with Gasteiger partial charge in [0, 0.05) is 18.2 Å². The number of anilines is 1. The zero-order chi connectivity index (χ0) is 18.5. The van der Waals surface area contributed by atoms with Crippen molar-refractivity contribution in [3.63, 3.8) is 0 Å². The van der Waals surface area contributed by atoms with Crippen LogP contribution in [0.15, 0.2) is 77.5 Å². The molecule has 27 heavy (non-hydrogen) atoms. The van der Waals surface area contributed by atoms with Gasteiger partial charge in [-0.2, -0.15) is 0 Å². The van der Waals surface area contributed by atoms with Crippen molar-refractivity contribution in [2.45, 2.75) is 19.9 Å². The topological polar surface area (TPSA) is 63.8 Å². The van der Waals surface area contributed by atoms with E-state index in [1.54, 1.807) is 12.5 Å². The molecule has 2 aromatic carbocycles. The van der Waals surface area contributed by atoms with Crippen LogP contribution in [0.3, 0.4) is 0 Å². The molecule has 0 aliphatic heterocycles. The maximum atomic E-state index is 5.60. The summed E-state index contributed by atoms with van der Waals surface area (Å²) in [6.45, 7) is 2.60. The van der Waals surface area contributed by atoms with Crippen molar-refractivity contribution in [1.82, 2.24) is 15.0 Å². The number of benzene rings is 2. The van der Waals surface area contributed by atoms with Crippen LogP contribution in [0.1, 0.15) is 22.6 Å². The fourth-order valence-electron chi connectivity index (χ4n) is 2.76. The van der Waals surface area contributed by atoms with Gasteiger partial charge in [-0.1, -0.05) is 48.0 Å². The lowest BCUT2D eigenvalue weighted by Crippen LogP contribution is -2.04. The first kappa shape index (κ1) is 17.0. The third-order valence-electron chi connectivity index (χ3n) is 4.21. The summed E-state index contributed by atoms with van der Waals surface area (Å²) >= 11 is 0. The first-order chi connectivity index (χ1) is 13.3. The second-order valence-corrected chi connectivity index (χ2v) is 6.38. The maximum absolute atomic E-state index is 5.60. The van der Waals surface area contributed by atoms with Crippen molar-refractivity contribution in [2.75, 3.05) is 5.32 Å². The average molecular weight is 356 g/mol. The average Bonchev–Trinajstić information content (AvgIpc) is 3.17. The zero-order valence-corrected chi connectivity index (χ0v) is 15.1. The second kappa shape index (κ2) is 7.83. The van der Waals surface area contributed by atoms with Crippen LogP contribution < -0.4 is 5.32 Å². The third kappa shape index (κ3) is 4.39. The highest BCUT2D eigenvalue weighted by Crippen LogP contribution is 2.19. The molecule has 0 radical (unpaired) electrons. The van der Waals surface area contributed by atoms with Crippen LogP contribution in [0.4, 0.5) is 5.82 Å². The van der Waals surface area contributed by atoms with Crippen LogP contribution in [-0.2, 0) is 13.0 Å². The van der Waals surface area contributed by atoms with Crippen molar-refractivity contribution in [3.8, 4) is 11.5 Å². The molecule has 0 unspecified atom stereocenters. The van der Waals surface area contributed by atoms with E-state index >= 15 is 0 Å². The minimum atomic E-state index is 0.539.